The van der Waals surface area contributed by atoms with Gasteiger partial charge in [-0.15, -0.1) is 0 Å². The van der Waals surface area contributed by atoms with E-state index in [0.717, 1.165) is 37.0 Å². The number of nitrogens with zero attached hydrogens (tertiary/aromatic N) is 1. The number of allylic oxidation sites excluding steroid dienone is 11. The Labute approximate surface area is 343 Å². The van der Waals surface area contributed by atoms with Crippen LogP contribution in [0.5, 0.6) is 0 Å². The van der Waals surface area contributed by atoms with Crippen molar-refractivity contribution in [1.29, 1.82) is 0 Å². The standard InChI is InChI=1S/C57H41NO/c1-2-5-17-38(16-4-1)56-48-25-9-8-24-47(48)55(37-18-6-3-7-19-37)49-33-30-40(35-51(49)56)39-20-14-21-42(34-39)58-52-28-12-10-22-44(52)45-32-31-41(36-53(45)58)43-26-15-27-50-46-23-11-13-29-54(46)59-57(43)50/h1-14,16,18-19,21-26,28-36,39H,15,17,20,27H2. The maximum atomic E-state index is 6.57. The highest BCUT2D eigenvalue weighted by Gasteiger charge is 2.25. The maximum absolute atomic E-state index is 6.57. The van der Waals surface area contributed by atoms with Gasteiger partial charge >= 0.3 is 0 Å². The van der Waals surface area contributed by atoms with E-state index >= 15 is 0 Å². The molecule has 1 atom stereocenters. The highest BCUT2D eigenvalue weighted by molar-refractivity contribution is 6.19. The molecule has 0 bridgehead atoms. The molecule has 3 aliphatic rings. The summed E-state index contributed by atoms with van der Waals surface area (Å²) < 4.78 is 9.06. The lowest BCUT2D eigenvalue weighted by Crippen LogP contribution is -2.04. The van der Waals surface area contributed by atoms with Gasteiger partial charge in [-0.3, -0.25) is 0 Å². The quantitative estimate of drug-likeness (QED) is 0.160. The number of aromatic nitrogens is 1. The molecule has 0 spiro atoms. The first-order valence-electron chi connectivity index (χ1n) is 21.0. The van der Waals surface area contributed by atoms with Crippen molar-refractivity contribution < 1.29 is 4.42 Å². The van der Waals surface area contributed by atoms with E-state index in [-0.39, 0.29) is 5.92 Å². The number of furan rings is 1. The summed E-state index contributed by atoms with van der Waals surface area (Å²) in [6.45, 7) is 0. The van der Waals surface area contributed by atoms with Crippen molar-refractivity contribution in [1.82, 2.24) is 4.57 Å². The summed E-state index contributed by atoms with van der Waals surface area (Å²) in [7, 11) is 0. The Balaban J connectivity index is 1.03. The number of benzene rings is 7. The van der Waals surface area contributed by atoms with E-state index in [1.165, 1.54) is 99.0 Å². The van der Waals surface area contributed by atoms with Crippen LogP contribution in [0, 0.1) is 0 Å². The van der Waals surface area contributed by atoms with Crippen LogP contribution in [0.1, 0.15) is 53.2 Å². The summed E-state index contributed by atoms with van der Waals surface area (Å²) >= 11 is 0. The van der Waals surface area contributed by atoms with Crippen LogP contribution < -0.4 is 0 Å². The molecule has 12 rings (SSSR count). The van der Waals surface area contributed by atoms with Gasteiger partial charge < -0.3 is 8.98 Å². The largest absolute Gasteiger partial charge is 0.456 e. The Kier molecular flexibility index (Phi) is 7.91. The van der Waals surface area contributed by atoms with Crippen LogP contribution in [-0.4, -0.2) is 4.57 Å². The second-order valence-corrected chi connectivity index (χ2v) is 16.2. The second kappa shape index (κ2) is 13.7. The van der Waals surface area contributed by atoms with Gasteiger partial charge in [0.05, 0.1) is 11.0 Å². The molecule has 0 saturated heterocycles. The summed E-state index contributed by atoms with van der Waals surface area (Å²) in [5, 5.41) is 8.96. The van der Waals surface area contributed by atoms with E-state index in [1.807, 2.05) is 0 Å². The molecule has 1 unspecified atom stereocenters. The van der Waals surface area contributed by atoms with Crippen molar-refractivity contribution in [2.24, 2.45) is 0 Å². The minimum absolute atomic E-state index is 0.209. The molecule has 0 radical (unpaired) electrons. The van der Waals surface area contributed by atoms with Crippen molar-refractivity contribution in [3.63, 3.8) is 0 Å². The minimum Gasteiger partial charge on any atom is -0.456 e. The summed E-state index contributed by atoms with van der Waals surface area (Å²) in [6.07, 6.45) is 24.5. The topological polar surface area (TPSA) is 18.1 Å². The summed E-state index contributed by atoms with van der Waals surface area (Å²) in [5.74, 6) is 1.22. The van der Waals surface area contributed by atoms with Crippen molar-refractivity contribution in [2.75, 3.05) is 0 Å². The molecule has 0 amide bonds. The van der Waals surface area contributed by atoms with E-state index < -0.39 is 0 Å². The number of aryl methyl sites for hydroxylation is 1. The third kappa shape index (κ3) is 5.47. The monoisotopic (exact) mass is 755 g/mol. The van der Waals surface area contributed by atoms with Crippen LogP contribution in [0.2, 0.25) is 0 Å². The first-order valence-corrected chi connectivity index (χ1v) is 21.0. The summed E-state index contributed by atoms with van der Waals surface area (Å²) in [4.78, 5) is 0. The Morgan fingerprint density at radius 3 is 2.20 bits per heavy atom. The van der Waals surface area contributed by atoms with Crippen molar-refractivity contribution >= 4 is 71.2 Å². The lowest BCUT2D eigenvalue weighted by Gasteiger charge is -2.23. The van der Waals surface area contributed by atoms with Crippen molar-refractivity contribution in [3.8, 4) is 11.1 Å². The zero-order chi connectivity index (χ0) is 38.9. The second-order valence-electron chi connectivity index (χ2n) is 16.2. The number of hydrogen-bond acceptors (Lipinski definition) is 1. The van der Waals surface area contributed by atoms with Crippen LogP contribution in [0.3, 0.4) is 0 Å². The van der Waals surface area contributed by atoms with Crippen LogP contribution in [0.4, 0.5) is 0 Å². The van der Waals surface area contributed by atoms with Gasteiger partial charge in [0.15, 0.2) is 0 Å². The smallest absolute Gasteiger partial charge is 0.138 e. The van der Waals surface area contributed by atoms with Gasteiger partial charge in [0.25, 0.3) is 0 Å². The van der Waals surface area contributed by atoms with Crippen molar-refractivity contribution in [3.05, 3.63) is 222 Å². The highest BCUT2D eigenvalue weighted by atomic mass is 16.3. The zero-order valence-corrected chi connectivity index (χ0v) is 32.7. The molecule has 3 aliphatic carbocycles. The van der Waals surface area contributed by atoms with E-state index in [0.29, 0.717) is 0 Å². The van der Waals surface area contributed by atoms with E-state index in [4.69, 9.17) is 4.42 Å². The molecule has 280 valence electrons. The fraction of sp³-hybridized carbons (Fsp3) is 0.0877. The van der Waals surface area contributed by atoms with Gasteiger partial charge in [-0.2, -0.15) is 0 Å². The third-order valence-electron chi connectivity index (χ3n) is 12.8. The van der Waals surface area contributed by atoms with Crippen LogP contribution in [0.15, 0.2) is 199 Å². The molecular formula is C57H41NO. The van der Waals surface area contributed by atoms with Gasteiger partial charge in [0.1, 0.15) is 11.3 Å². The zero-order valence-electron chi connectivity index (χ0n) is 32.7. The van der Waals surface area contributed by atoms with Gasteiger partial charge in [-0.25, -0.2) is 0 Å². The molecule has 2 heterocycles. The highest BCUT2D eigenvalue weighted by Crippen LogP contribution is 2.46. The van der Waals surface area contributed by atoms with E-state index in [2.05, 4.69) is 199 Å². The molecule has 2 aromatic heterocycles. The number of rotatable bonds is 5. The molecule has 2 nitrogen and oxygen atoms in total. The molecule has 59 heavy (non-hydrogen) atoms. The fourth-order valence-corrected chi connectivity index (χ4v) is 10.2. The Hall–Kier alpha value is -7.16. The Bertz CT molecular complexity index is 3370. The SMILES string of the molecule is C1=CC=C(c2c3ccccc3c(-c3ccccc3)c3ccc(C4C=C(n5c6ccccc6c6ccc(C7=CCCc8c7oc7ccccc87)cc65)C=CC4)cc23)CC=C1. The molecule has 0 aliphatic heterocycles. The van der Waals surface area contributed by atoms with Crippen LogP contribution >= 0.6 is 0 Å². The summed E-state index contributed by atoms with van der Waals surface area (Å²) in [6, 6.07) is 51.5. The average molecular weight is 756 g/mol. The molecular weight excluding hydrogens is 715 g/mol. The molecule has 0 fully saturated rings. The summed E-state index contributed by atoms with van der Waals surface area (Å²) in [5.41, 5.74) is 14.9. The van der Waals surface area contributed by atoms with Gasteiger partial charge in [-0.1, -0.05) is 164 Å². The predicted octanol–water partition coefficient (Wildman–Crippen LogP) is 15.4. The fourth-order valence-electron chi connectivity index (χ4n) is 10.2. The minimum atomic E-state index is 0.209. The average Bonchev–Trinajstić information content (AvgIpc) is 3.71. The Morgan fingerprint density at radius 2 is 1.31 bits per heavy atom. The van der Waals surface area contributed by atoms with Crippen LogP contribution in [0.25, 0.3) is 82.3 Å². The first kappa shape index (κ1) is 33.9. The third-order valence-corrected chi connectivity index (χ3v) is 12.8. The maximum Gasteiger partial charge on any atom is 0.138 e. The number of fused-ring (bicyclic) bond motifs is 8. The van der Waals surface area contributed by atoms with Gasteiger partial charge in [0.2, 0.25) is 0 Å². The van der Waals surface area contributed by atoms with Gasteiger partial charge in [0, 0.05) is 38.9 Å². The van der Waals surface area contributed by atoms with E-state index in [9.17, 15) is 0 Å². The number of para-hydroxylation sites is 2. The Morgan fingerprint density at radius 1 is 0.559 bits per heavy atom. The number of hydrogen-bond donors (Lipinski definition) is 0. The van der Waals surface area contributed by atoms with Gasteiger partial charge in [-0.05, 0) is 111 Å². The molecule has 0 N–H and O–H groups in total. The molecule has 7 aromatic carbocycles. The lowest BCUT2D eigenvalue weighted by atomic mass is 9.82. The van der Waals surface area contributed by atoms with Crippen molar-refractivity contribution in [2.45, 2.75) is 31.6 Å². The molecule has 2 heteroatoms. The van der Waals surface area contributed by atoms with Crippen LogP contribution in [-0.2, 0) is 6.42 Å². The predicted molar refractivity (Wildman–Crippen MR) is 250 cm³/mol. The molecule has 0 saturated carbocycles. The normalized spacial score (nSPS) is 16.5. The van der Waals surface area contributed by atoms with E-state index in [1.54, 1.807) is 0 Å². The lowest BCUT2D eigenvalue weighted by molar-refractivity contribution is 0.591. The first-order chi connectivity index (χ1) is 29.3. The molecule has 9 aromatic rings.